The van der Waals surface area contributed by atoms with Crippen LogP contribution in [0.3, 0.4) is 0 Å². The fraction of sp³-hybridized carbons (Fsp3) is 0.455. The monoisotopic (exact) mass is 243 g/mol. The Hall–Kier alpha value is -1.07. The molecule has 0 spiro atoms. The summed E-state index contributed by atoms with van der Waals surface area (Å²) < 4.78 is 24.4. The molecule has 16 heavy (non-hydrogen) atoms. The molecule has 0 saturated carbocycles. The predicted molar refractivity (Wildman–Crippen MR) is 66.0 cm³/mol. The standard InChI is InChI=1S/C11H17NO3S/c1-9-8-10(4-5-11(9)12)15-6-2-3-7-16(13)14/h4-5,8H,2-3,6-7,12H2,1H3,(H,13,14). The first-order valence-corrected chi connectivity index (χ1v) is 6.43. The molecule has 1 unspecified atom stereocenters. The minimum Gasteiger partial charge on any atom is -0.494 e. The van der Waals surface area contributed by atoms with Crippen LogP contribution < -0.4 is 10.5 Å². The summed E-state index contributed by atoms with van der Waals surface area (Å²) in [5.41, 5.74) is 7.43. The molecule has 3 N–H and O–H groups in total. The van der Waals surface area contributed by atoms with Gasteiger partial charge in [0.05, 0.1) is 6.61 Å². The molecule has 0 aromatic heterocycles. The van der Waals surface area contributed by atoms with Crippen LogP contribution >= 0.6 is 0 Å². The number of rotatable bonds is 6. The summed E-state index contributed by atoms with van der Waals surface area (Å²) in [5, 5.41) is 0. The van der Waals surface area contributed by atoms with Gasteiger partial charge in [0, 0.05) is 11.4 Å². The highest BCUT2D eigenvalue weighted by Crippen LogP contribution is 2.18. The Morgan fingerprint density at radius 3 is 2.81 bits per heavy atom. The average molecular weight is 243 g/mol. The van der Waals surface area contributed by atoms with Crippen molar-refractivity contribution in [2.45, 2.75) is 19.8 Å². The maximum atomic E-state index is 10.4. The Morgan fingerprint density at radius 2 is 2.19 bits per heavy atom. The lowest BCUT2D eigenvalue weighted by Crippen LogP contribution is -2.01. The van der Waals surface area contributed by atoms with Gasteiger partial charge < -0.3 is 15.0 Å². The van der Waals surface area contributed by atoms with Crippen molar-refractivity contribution in [3.05, 3.63) is 23.8 Å². The number of anilines is 1. The van der Waals surface area contributed by atoms with E-state index in [1.807, 2.05) is 25.1 Å². The van der Waals surface area contributed by atoms with E-state index in [0.29, 0.717) is 18.8 Å². The van der Waals surface area contributed by atoms with E-state index in [0.717, 1.165) is 23.4 Å². The summed E-state index contributed by atoms with van der Waals surface area (Å²) in [6, 6.07) is 5.53. The first-order valence-electron chi connectivity index (χ1n) is 5.16. The van der Waals surface area contributed by atoms with Crippen molar-refractivity contribution in [1.29, 1.82) is 0 Å². The molecule has 0 amide bonds. The van der Waals surface area contributed by atoms with Gasteiger partial charge in [0.25, 0.3) is 0 Å². The molecule has 0 fully saturated rings. The molecule has 1 rings (SSSR count). The quantitative estimate of drug-likeness (QED) is 0.455. The van der Waals surface area contributed by atoms with Crippen LogP contribution in [0.4, 0.5) is 5.69 Å². The van der Waals surface area contributed by atoms with Crippen LogP contribution in [-0.2, 0) is 11.1 Å². The van der Waals surface area contributed by atoms with Gasteiger partial charge in [-0.2, -0.15) is 0 Å². The van der Waals surface area contributed by atoms with Gasteiger partial charge in [-0.25, -0.2) is 4.21 Å². The molecule has 90 valence electrons. The fourth-order valence-corrected chi connectivity index (χ4v) is 1.71. The third-order valence-electron chi connectivity index (χ3n) is 2.22. The van der Waals surface area contributed by atoms with E-state index in [1.54, 1.807) is 0 Å². The maximum Gasteiger partial charge on any atom is 0.152 e. The van der Waals surface area contributed by atoms with E-state index in [-0.39, 0.29) is 0 Å². The topological polar surface area (TPSA) is 72.5 Å². The number of unbranched alkanes of at least 4 members (excludes halogenated alkanes) is 1. The summed E-state index contributed by atoms with van der Waals surface area (Å²) in [6.45, 7) is 2.48. The Kier molecular flexibility index (Phi) is 5.28. The van der Waals surface area contributed by atoms with E-state index >= 15 is 0 Å². The average Bonchev–Trinajstić information content (AvgIpc) is 2.22. The van der Waals surface area contributed by atoms with Crippen molar-refractivity contribution < 1.29 is 13.5 Å². The number of hydrogen-bond acceptors (Lipinski definition) is 3. The van der Waals surface area contributed by atoms with Crippen LogP contribution in [0.25, 0.3) is 0 Å². The lowest BCUT2D eigenvalue weighted by atomic mass is 10.2. The van der Waals surface area contributed by atoms with Gasteiger partial charge in [-0.05, 0) is 43.5 Å². The maximum absolute atomic E-state index is 10.4. The number of ether oxygens (including phenoxy) is 1. The summed E-state index contributed by atoms with van der Waals surface area (Å²) in [4.78, 5) is 0. The van der Waals surface area contributed by atoms with Crippen molar-refractivity contribution in [3.8, 4) is 5.75 Å². The molecule has 0 aliphatic rings. The normalized spacial score (nSPS) is 12.4. The Labute approximate surface area is 98.1 Å². The van der Waals surface area contributed by atoms with Crippen LogP contribution in [0.15, 0.2) is 18.2 Å². The number of nitrogens with two attached hydrogens (primary N) is 1. The highest BCUT2D eigenvalue weighted by atomic mass is 32.2. The minimum absolute atomic E-state index is 0.310. The highest BCUT2D eigenvalue weighted by Gasteiger charge is 1.98. The third-order valence-corrected chi connectivity index (χ3v) is 2.86. The zero-order chi connectivity index (χ0) is 12.0. The van der Waals surface area contributed by atoms with Gasteiger partial charge in [-0.15, -0.1) is 0 Å². The van der Waals surface area contributed by atoms with Crippen LogP contribution in [0.5, 0.6) is 5.75 Å². The second-order valence-corrected chi connectivity index (χ2v) is 4.65. The van der Waals surface area contributed by atoms with Crippen molar-refractivity contribution >= 4 is 16.8 Å². The summed E-state index contributed by atoms with van der Waals surface area (Å²) in [7, 11) is 0. The molecule has 0 heterocycles. The summed E-state index contributed by atoms with van der Waals surface area (Å²) >= 11 is -1.69. The van der Waals surface area contributed by atoms with Crippen LogP contribution in [0.1, 0.15) is 18.4 Å². The van der Waals surface area contributed by atoms with Gasteiger partial charge in [0.1, 0.15) is 5.75 Å². The second kappa shape index (κ2) is 6.50. The molecule has 5 heteroatoms. The molecular formula is C11H17NO3S. The SMILES string of the molecule is Cc1cc(OCCCCS(=O)O)ccc1N. The molecule has 1 atom stereocenters. The molecule has 0 aliphatic carbocycles. The van der Waals surface area contributed by atoms with Crippen molar-refractivity contribution in [3.63, 3.8) is 0 Å². The van der Waals surface area contributed by atoms with E-state index in [2.05, 4.69) is 0 Å². The van der Waals surface area contributed by atoms with E-state index < -0.39 is 11.1 Å². The molecule has 0 bridgehead atoms. The fourth-order valence-electron chi connectivity index (χ4n) is 1.26. The second-order valence-electron chi connectivity index (χ2n) is 3.60. The minimum atomic E-state index is -1.69. The smallest absolute Gasteiger partial charge is 0.152 e. The zero-order valence-corrected chi connectivity index (χ0v) is 10.1. The van der Waals surface area contributed by atoms with E-state index in [9.17, 15) is 4.21 Å². The van der Waals surface area contributed by atoms with Crippen molar-refractivity contribution in [1.82, 2.24) is 0 Å². The molecular weight excluding hydrogens is 226 g/mol. The predicted octanol–water partition coefficient (Wildman–Crippen LogP) is 1.96. The van der Waals surface area contributed by atoms with Crippen molar-refractivity contribution in [2.75, 3.05) is 18.1 Å². The largest absolute Gasteiger partial charge is 0.494 e. The summed E-state index contributed by atoms with van der Waals surface area (Å²) in [5.74, 6) is 1.10. The lowest BCUT2D eigenvalue weighted by molar-refractivity contribution is 0.309. The number of benzene rings is 1. The number of nitrogen functional groups attached to an aromatic ring is 1. The first kappa shape index (κ1) is 13.0. The van der Waals surface area contributed by atoms with Gasteiger partial charge in [0.15, 0.2) is 11.1 Å². The van der Waals surface area contributed by atoms with Crippen LogP contribution in [0, 0.1) is 6.92 Å². The lowest BCUT2D eigenvalue weighted by Gasteiger charge is -2.07. The molecule has 0 saturated heterocycles. The van der Waals surface area contributed by atoms with Crippen LogP contribution in [0.2, 0.25) is 0 Å². The van der Waals surface area contributed by atoms with Crippen LogP contribution in [-0.4, -0.2) is 21.1 Å². The van der Waals surface area contributed by atoms with Gasteiger partial charge in [-0.1, -0.05) is 0 Å². The van der Waals surface area contributed by atoms with Gasteiger partial charge >= 0.3 is 0 Å². The summed E-state index contributed by atoms with van der Waals surface area (Å²) in [6.07, 6.45) is 1.47. The zero-order valence-electron chi connectivity index (χ0n) is 9.31. The molecule has 0 aliphatic heterocycles. The van der Waals surface area contributed by atoms with Gasteiger partial charge in [0.2, 0.25) is 0 Å². The first-order chi connectivity index (χ1) is 7.59. The van der Waals surface area contributed by atoms with Gasteiger partial charge in [-0.3, -0.25) is 0 Å². The Bertz CT molecular complexity index is 368. The highest BCUT2D eigenvalue weighted by molar-refractivity contribution is 7.79. The number of hydrogen-bond donors (Lipinski definition) is 2. The van der Waals surface area contributed by atoms with Crippen molar-refractivity contribution in [2.24, 2.45) is 0 Å². The molecule has 0 radical (unpaired) electrons. The Balaban J connectivity index is 2.27. The molecule has 1 aromatic rings. The molecule has 1 aromatic carbocycles. The third kappa shape index (κ3) is 4.63. The molecule has 4 nitrogen and oxygen atoms in total. The van der Waals surface area contributed by atoms with E-state index in [1.165, 1.54) is 0 Å². The van der Waals surface area contributed by atoms with E-state index in [4.69, 9.17) is 15.0 Å². The number of aryl methyl sites for hydroxylation is 1. The Morgan fingerprint density at radius 1 is 1.44 bits per heavy atom.